The van der Waals surface area contributed by atoms with Crippen molar-refractivity contribution in [3.8, 4) is 28.7 Å². The zero-order chi connectivity index (χ0) is 29.9. The number of hydrogen-bond donors (Lipinski definition) is 5. The second kappa shape index (κ2) is 10.7. The molecule has 2 aromatic rings. The predicted molar refractivity (Wildman–Crippen MR) is 141 cm³/mol. The van der Waals surface area contributed by atoms with Gasteiger partial charge in [-0.1, -0.05) is 6.58 Å². The van der Waals surface area contributed by atoms with Crippen LogP contribution in [0.2, 0.25) is 0 Å². The van der Waals surface area contributed by atoms with Gasteiger partial charge in [-0.3, -0.25) is 4.79 Å². The van der Waals surface area contributed by atoms with E-state index in [0.29, 0.717) is 28.4 Å². The molecule has 0 radical (unpaired) electrons. The minimum absolute atomic E-state index is 0.0994. The van der Waals surface area contributed by atoms with Crippen molar-refractivity contribution in [3.63, 3.8) is 0 Å². The van der Waals surface area contributed by atoms with Gasteiger partial charge in [0.15, 0.2) is 29.5 Å². The summed E-state index contributed by atoms with van der Waals surface area (Å²) in [5, 5.41) is 51.4. The van der Waals surface area contributed by atoms with Gasteiger partial charge in [-0.15, -0.1) is 0 Å². The standard InChI is InChI=1S/C29H32O13/c1-12(10-39-28-25(33)24(32)23(31)21(9-30)41-28)17-6-14-16(40-17)5-4-13-26(14)42-22-11-38-18-8-20(37-3)19(36-2)7-15(18)29(22,35)27(13)34/h4-5,7-8,17,21-25,28,30-33,35H,1,6,9-11H2,2-3H3/t17-,21-,22-,23-,24+,25-,28+,29-/m1/s1. The first-order chi connectivity index (χ1) is 20.1. The minimum Gasteiger partial charge on any atom is -0.493 e. The normalized spacial score (nSPS) is 32.7. The van der Waals surface area contributed by atoms with Crippen molar-refractivity contribution in [1.82, 2.24) is 0 Å². The Labute approximate surface area is 240 Å². The van der Waals surface area contributed by atoms with Crippen LogP contribution in [-0.2, 0) is 21.5 Å². The van der Waals surface area contributed by atoms with Gasteiger partial charge in [-0.25, -0.2) is 0 Å². The lowest BCUT2D eigenvalue weighted by molar-refractivity contribution is -0.299. The fourth-order valence-corrected chi connectivity index (χ4v) is 5.79. The first-order valence-corrected chi connectivity index (χ1v) is 13.4. The summed E-state index contributed by atoms with van der Waals surface area (Å²) in [4.78, 5) is 13.9. The Morgan fingerprint density at radius 1 is 1.05 bits per heavy atom. The molecule has 0 amide bonds. The molecule has 0 saturated carbocycles. The monoisotopic (exact) mass is 588 g/mol. The lowest BCUT2D eigenvalue weighted by Crippen LogP contribution is -2.59. The first-order valence-electron chi connectivity index (χ1n) is 13.4. The summed E-state index contributed by atoms with van der Waals surface area (Å²) in [6, 6.07) is 6.23. The molecule has 4 aliphatic rings. The van der Waals surface area contributed by atoms with E-state index in [-0.39, 0.29) is 42.3 Å². The van der Waals surface area contributed by atoms with Crippen molar-refractivity contribution >= 4 is 5.78 Å². The predicted octanol–water partition coefficient (Wildman–Crippen LogP) is -0.396. The molecule has 6 rings (SSSR count). The Hall–Kier alpha value is -3.43. The Morgan fingerprint density at radius 2 is 1.79 bits per heavy atom. The maximum atomic E-state index is 13.9. The summed E-state index contributed by atoms with van der Waals surface area (Å²) in [5.74, 6) is 1.19. The van der Waals surface area contributed by atoms with Gasteiger partial charge in [-0.05, 0) is 23.8 Å². The molecule has 0 aliphatic carbocycles. The first kappa shape index (κ1) is 28.7. The van der Waals surface area contributed by atoms with Gasteiger partial charge in [0.05, 0.1) is 33.0 Å². The average Bonchev–Trinajstić information content (AvgIpc) is 3.45. The lowest BCUT2D eigenvalue weighted by atomic mass is 9.77. The van der Waals surface area contributed by atoms with Gasteiger partial charge in [0.2, 0.25) is 5.78 Å². The van der Waals surface area contributed by atoms with Crippen LogP contribution in [0.3, 0.4) is 0 Å². The van der Waals surface area contributed by atoms with E-state index in [1.54, 1.807) is 12.1 Å². The van der Waals surface area contributed by atoms with E-state index in [1.807, 2.05) is 0 Å². The molecule has 0 spiro atoms. The fourth-order valence-electron chi connectivity index (χ4n) is 5.79. The minimum atomic E-state index is -2.03. The van der Waals surface area contributed by atoms with E-state index in [1.165, 1.54) is 26.4 Å². The Morgan fingerprint density at radius 3 is 2.50 bits per heavy atom. The second-order valence-corrected chi connectivity index (χ2v) is 10.6. The van der Waals surface area contributed by atoms with E-state index >= 15 is 0 Å². The number of fused-ring (bicyclic) bond motifs is 6. The Kier molecular flexibility index (Phi) is 7.30. The maximum absolute atomic E-state index is 13.9. The third-order valence-electron chi connectivity index (χ3n) is 8.22. The molecular weight excluding hydrogens is 556 g/mol. The molecule has 13 heteroatoms. The molecule has 0 unspecified atom stereocenters. The number of ether oxygens (including phenoxy) is 7. The van der Waals surface area contributed by atoms with E-state index in [0.717, 1.165) is 0 Å². The summed E-state index contributed by atoms with van der Waals surface area (Å²) in [6.07, 6.45) is -8.41. The van der Waals surface area contributed by atoms with Crippen LogP contribution in [-0.4, -0.2) is 108 Å². The van der Waals surface area contributed by atoms with Crippen LogP contribution in [0.25, 0.3) is 0 Å². The number of aliphatic hydroxyl groups excluding tert-OH is 4. The number of aliphatic hydroxyl groups is 5. The number of Topliss-reactive ketones (excluding diaryl/α,β-unsaturated/α-hetero) is 1. The molecule has 5 N–H and O–H groups in total. The van der Waals surface area contributed by atoms with Gasteiger partial charge >= 0.3 is 0 Å². The highest BCUT2D eigenvalue weighted by molar-refractivity contribution is 6.07. The van der Waals surface area contributed by atoms with Crippen LogP contribution in [0.4, 0.5) is 0 Å². The SMILES string of the molecule is C=C(CO[C@H]1O[C@H](CO)[C@@H](O)[C@H](O)[C@H]1O)[C@H]1Cc2c(ccc3c2O[C@@H]2COc4cc(OC)c(OC)cc4[C@]2(O)C3=O)O1. The van der Waals surface area contributed by atoms with Gasteiger partial charge in [0.25, 0.3) is 0 Å². The second-order valence-electron chi connectivity index (χ2n) is 10.6. The highest BCUT2D eigenvalue weighted by Crippen LogP contribution is 2.51. The largest absolute Gasteiger partial charge is 0.493 e. The number of carbonyl (C=O) groups is 1. The van der Waals surface area contributed by atoms with Crippen molar-refractivity contribution in [2.24, 2.45) is 0 Å². The fraction of sp³-hybridized carbons (Fsp3) is 0.483. The number of methoxy groups -OCH3 is 2. The third-order valence-corrected chi connectivity index (χ3v) is 8.22. The molecule has 1 fully saturated rings. The van der Waals surface area contributed by atoms with E-state index in [9.17, 15) is 30.3 Å². The molecule has 0 aromatic heterocycles. The van der Waals surface area contributed by atoms with Crippen LogP contribution < -0.4 is 23.7 Å². The number of benzene rings is 2. The molecule has 4 heterocycles. The summed E-state index contributed by atoms with van der Waals surface area (Å²) >= 11 is 0. The van der Waals surface area contributed by atoms with E-state index < -0.39 is 60.9 Å². The topological polar surface area (TPSA) is 183 Å². The van der Waals surface area contributed by atoms with E-state index in [4.69, 9.17) is 33.2 Å². The van der Waals surface area contributed by atoms with Crippen LogP contribution in [0, 0.1) is 0 Å². The highest BCUT2D eigenvalue weighted by atomic mass is 16.7. The lowest BCUT2D eigenvalue weighted by Gasteiger charge is -2.43. The van der Waals surface area contributed by atoms with E-state index in [2.05, 4.69) is 6.58 Å². The molecule has 8 atom stereocenters. The number of ketones is 1. The Balaban J connectivity index is 1.21. The van der Waals surface area contributed by atoms with Crippen molar-refractivity contribution in [2.45, 2.75) is 54.9 Å². The summed E-state index contributed by atoms with van der Waals surface area (Å²) < 4.78 is 39.9. The van der Waals surface area contributed by atoms with Gasteiger partial charge in [0, 0.05) is 23.6 Å². The smallest absolute Gasteiger partial charge is 0.206 e. The van der Waals surface area contributed by atoms with Crippen molar-refractivity contribution in [3.05, 3.63) is 53.1 Å². The summed E-state index contributed by atoms with van der Waals surface area (Å²) in [7, 11) is 2.92. The maximum Gasteiger partial charge on any atom is 0.206 e. The van der Waals surface area contributed by atoms with Crippen LogP contribution in [0.5, 0.6) is 28.7 Å². The average molecular weight is 589 g/mol. The van der Waals surface area contributed by atoms with Crippen LogP contribution in [0.15, 0.2) is 36.4 Å². The highest BCUT2D eigenvalue weighted by Gasteiger charge is 2.57. The molecule has 1 saturated heterocycles. The molecule has 13 nitrogen and oxygen atoms in total. The number of rotatable bonds is 7. The molecule has 226 valence electrons. The molecule has 4 aliphatic heterocycles. The van der Waals surface area contributed by atoms with Crippen LogP contribution in [0.1, 0.15) is 21.5 Å². The molecule has 42 heavy (non-hydrogen) atoms. The van der Waals surface area contributed by atoms with Crippen LogP contribution >= 0.6 is 0 Å². The summed E-state index contributed by atoms with van der Waals surface area (Å²) in [6.45, 7) is 3.21. The van der Waals surface area contributed by atoms with Gasteiger partial charge in [0.1, 0.15) is 54.4 Å². The summed E-state index contributed by atoms with van der Waals surface area (Å²) in [5.41, 5.74) is -0.565. The number of carbonyl (C=O) groups excluding carboxylic acids is 1. The molecule has 2 aromatic carbocycles. The van der Waals surface area contributed by atoms with Gasteiger partial charge in [-0.2, -0.15) is 0 Å². The third kappa shape index (κ3) is 4.31. The van der Waals surface area contributed by atoms with Crippen molar-refractivity contribution in [1.29, 1.82) is 0 Å². The van der Waals surface area contributed by atoms with Crippen molar-refractivity contribution < 1.29 is 63.5 Å². The Bertz CT molecular complexity index is 1410. The molecule has 0 bridgehead atoms. The quantitative estimate of drug-likeness (QED) is 0.264. The van der Waals surface area contributed by atoms with Crippen molar-refractivity contribution in [2.75, 3.05) is 34.0 Å². The van der Waals surface area contributed by atoms with Gasteiger partial charge < -0.3 is 58.7 Å². The zero-order valence-electron chi connectivity index (χ0n) is 22.9. The number of hydrogen-bond acceptors (Lipinski definition) is 13. The zero-order valence-corrected chi connectivity index (χ0v) is 22.9. The molecular formula is C29H32O13.